The number of nitrogens with one attached hydrogen (secondary N) is 2. The monoisotopic (exact) mass is 382 g/mol. The highest BCUT2D eigenvalue weighted by molar-refractivity contribution is 5.99. The number of ether oxygens (including phenoxy) is 2. The van der Waals surface area contributed by atoms with Gasteiger partial charge in [-0.2, -0.15) is 13.2 Å². The van der Waals surface area contributed by atoms with Gasteiger partial charge in [0.1, 0.15) is 0 Å². The van der Waals surface area contributed by atoms with E-state index in [0.29, 0.717) is 18.1 Å². The van der Waals surface area contributed by atoms with E-state index < -0.39 is 23.6 Å². The van der Waals surface area contributed by atoms with E-state index in [9.17, 15) is 22.8 Å². The normalized spacial score (nSPS) is 10.9. The molecular weight excluding hydrogens is 365 g/mol. The first-order valence-electron chi connectivity index (χ1n) is 7.85. The summed E-state index contributed by atoms with van der Waals surface area (Å²) < 4.78 is 48.1. The highest BCUT2D eigenvalue weighted by atomic mass is 19.4. The van der Waals surface area contributed by atoms with E-state index in [2.05, 4.69) is 10.9 Å². The summed E-state index contributed by atoms with van der Waals surface area (Å²) >= 11 is 0. The molecule has 2 N–H and O–H groups in total. The minimum Gasteiger partial charge on any atom is -0.493 e. The van der Waals surface area contributed by atoms with Gasteiger partial charge in [-0.3, -0.25) is 20.4 Å². The highest BCUT2D eigenvalue weighted by Gasteiger charge is 2.30. The zero-order valence-electron chi connectivity index (χ0n) is 14.5. The van der Waals surface area contributed by atoms with E-state index in [4.69, 9.17) is 9.47 Å². The molecule has 0 atom stereocenters. The summed E-state index contributed by atoms with van der Waals surface area (Å²) in [6.45, 7) is 2.22. The van der Waals surface area contributed by atoms with E-state index in [1.807, 2.05) is 0 Å². The second-order valence-corrected chi connectivity index (χ2v) is 5.28. The Balaban J connectivity index is 2.01. The van der Waals surface area contributed by atoms with Crippen molar-refractivity contribution in [3.05, 3.63) is 59.2 Å². The first kappa shape index (κ1) is 20.1. The van der Waals surface area contributed by atoms with Gasteiger partial charge in [0.05, 0.1) is 19.3 Å². The number of hydrogen-bond donors (Lipinski definition) is 2. The van der Waals surface area contributed by atoms with Crippen LogP contribution < -0.4 is 20.3 Å². The Labute approximate surface area is 153 Å². The molecule has 0 fully saturated rings. The van der Waals surface area contributed by atoms with Crippen LogP contribution in [0.4, 0.5) is 13.2 Å². The standard InChI is InChI=1S/C18H17F3N2O4/c1-3-27-14-9-6-12(10-15(14)26-2)17(25)23-22-16(24)11-4-7-13(8-5-11)18(19,20)21/h4-10H,3H2,1-2H3,(H,22,24)(H,23,25). The van der Waals surface area contributed by atoms with E-state index in [0.717, 1.165) is 24.3 Å². The van der Waals surface area contributed by atoms with Crippen LogP contribution in [0, 0.1) is 0 Å². The number of halogens is 3. The van der Waals surface area contributed by atoms with Crippen LogP contribution in [0.3, 0.4) is 0 Å². The third-order valence-electron chi connectivity index (χ3n) is 3.49. The average molecular weight is 382 g/mol. The lowest BCUT2D eigenvalue weighted by Gasteiger charge is -2.12. The Bertz CT molecular complexity index is 820. The summed E-state index contributed by atoms with van der Waals surface area (Å²) in [6, 6.07) is 8.07. The van der Waals surface area contributed by atoms with E-state index in [1.165, 1.54) is 19.2 Å². The van der Waals surface area contributed by atoms with Crippen molar-refractivity contribution in [2.24, 2.45) is 0 Å². The van der Waals surface area contributed by atoms with Gasteiger partial charge in [0.15, 0.2) is 11.5 Å². The Kier molecular flexibility index (Phi) is 6.27. The lowest BCUT2D eigenvalue weighted by Crippen LogP contribution is -2.41. The number of carbonyl (C=O) groups is 2. The summed E-state index contributed by atoms with van der Waals surface area (Å²) in [6.07, 6.45) is -4.49. The molecule has 2 rings (SSSR count). The molecular formula is C18H17F3N2O4. The maximum atomic E-state index is 12.5. The van der Waals surface area contributed by atoms with Crippen molar-refractivity contribution in [3.63, 3.8) is 0 Å². The largest absolute Gasteiger partial charge is 0.493 e. The minimum absolute atomic E-state index is 0.0347. The van der Waals surface area contributed by atoms with Gasteiger partial charge in [-0.25, -0.2) is 0 Å². The van der Waals surface area contributed by atoms with Gasteiger partial charge in [-0.1, -0.05) is 0 Å². The van der Waals surface area contributed by atoms with Crippen molar-refractivity contribution in [1.29, 1.82) is 0 Å². The van der Waals surface area contributed by atoms with Crippen LogP contribution >= 0.6 is 0 Å². The molecule has 0 aliphatic rings. The SMILES string of the molecule is CCOc1ccc(C(=O)NNC(=O)c2ccc(C(F)(F)F)cc2)cc1OC. The number of carbonyl (C=O) groups excluding carboxylic acids is 2. The van der Waals surface area contributed by atoms with Crippen LogP contribution in [-0.4, -0.2) is 25.5 Å². The summed E-state index contributed by atoms with van der Waals surface area (Å²) in [5.74, 6) is -0.574. The number of methoxy groups -OCH3 is 1. The lowest BCUT2D eigenvalue weighted by atomic mass is 10.1. The molecule has 9 heteroatoms. The summed E-state index contributed by atoms with van der Waals surface area (Å²) in [5.41, 5.74) is 3.62. The molecule has 0 spiro atoms. The molecule has 0 unspecified atom stereocenters. The predicted octanol–water partition coefficient (Wildman–Crippen LogP) is 3.19. The number of alkyl halides is 3. The molecule has 2 aromatic carbocycles. The van der Waals surface area contributed by atoms with Crippen molar-refractivity contribution in [2.45, 2.75) is 13.1 Å². The van der Waals surface area contributed by atoms with Crippen LogP contribution in [0.5, 0.6) is 11.5 Å². The van der Waals surface area contributed by atoms with Crippen LogP contribution in [0.15, 0.2) is 42.5 Å². The molecule has 0 saturated carbocycles. The van der Waals surface area contributed by atoms with Gasteiger partial charge in [0, 0.05) is 11.1 Å². The second kappa shape index (κ2) is 8.43. The van der Waals surface area contributed by atoms with Crippen LogP contribution in [-0.2, 0) is 6.18 Å². The molecule has 0 bridgehead atoms. The van der Waals surface area contributed by atoms with Crippen LogP contribution in [0.25, 0.3) is 0 Å². The number of benzene rings is 2. The Morgan fingerprint density at radius 1 is 0.926 bits per heavy atom. The number of hydrazine groups is 1. The minimum atomic E-state index is -4.49. The molecule has 27 heavy (non-hydrogen) atoms. The average Bonchev–Trinajstić information content (AvgIpc) is 2.65. The summed E-state index contributed by atoms with van der Waals surface area (Å²) in [4.78, 5) is 24.1. The molecule has 0 saturated heterocycles. The molecule has 2 amide bonds. The number of rotatable bonds is 5. The van der Waals surface area contributed by atoms with E-state index >= 15 is 0 Å². The van der Waals surface area contributed by atoms with E-state index in [-0.39, 0.29) is 11.1 Å². The Morgan fingerprint density at radius 2 is 1.48 bits per heavy atom. The fraction of sp³-hybridized carbons (Fsp3) is 0.222. The third-order valence-corrected chi connectivity index (χ3v) is 3.49. The lowest BCUT2D eigenvalue weighted by molar-refractivity contribution is -0.137. The molecule has 0 radical (unpaired) electrons. The first-order chi connectivity index (χ1) is 12.8. The summed E-state index contributed by atoms with van der Waals surface area (Å²) in [5, 5.41) is 0. The van der Waals surface area contributed by atoms with Gasteiger partial charge in [0.2, 0.25) is 0 Å². The Hall–Kier alpha value is -3.23. The van der Waals surface area contributed by atoms with Crippen molar-refractivity contribution < 1.29 is 32.2 Å². The van der Waals surface area contributed by atoms with E-state index in [1.54, 1.807) is 13.0 Å². The van der Waals surface area contributed by atoms with Crippen molar-refractivity contribution in [3.8, 4) is 11.5 Å². The predicted molar refractivity (Wildman–Crippen MR) is 90.5 cm³/mol. The molecule has 0 heterocycles. The van der Waals surface area contributed by atoms with Gasteiger partial charge < -0.3 is 9.47 Å². The molecule has 0 aliphatic carbocycles. The van der Waals surface area contributed by atoms with Gasteiger partial charge in [-0.15, -0.1) is 0 Å². The zero-order chi connectivity index (χ0) is 20.0. The summed E-state index contributed by atoms with van der Waals surface area (Å²) in [7, 11) is 1.42. The fourth-order valence-corrected chi connectivity index (χ4v) is 2.15. The number of amides is 2. The molecule has 144 valence electrons. The molecule has 6 nitrogen and oxygen atoms in total. The van der Waals surface area contributed by atoms with Crippen molar-refractivity contribution >= 4 is 11.8 Å². The van der Waals surface area contributed by atoms with Gasteiger partial charge in [-0.05, 0) is 49.4 Å². The van der Waals surface area contributed by atoms with Crippen LogP contribution in [0.1, 0.15) is 33.2 Å². The first-order valence-corrected chi connectivity index (χ1v) is 7.85. The second-order valence-electron chi connectivity index (χ2n) is 5.28. The molecule has 2 aromatic rings. The topological polar surface area (TPSA) is 76.7 Å². The fourth-order valence-electron chi connectivity index (χ4n) is 2.15. The highest BCUT2D eigenvalue weighted by Crippen LogP contribution is 2.29. The Morgan fingerprint density at radius 3 is 2.00 bits per heavy atom. The maximum Gasteiger partial charge on any atom is 0.416 e. The van der Waals surface area contributed by atoms with Crippen molar-refractivity contribution in [2.75, 3.05) is 13.7 Å². The zero-order valence-corrected chi connectivity index (χ0v) is 14.5. The number of hydrogen-bond acceptors (Lipinski definition) is 4. The van der Waals surface area contributed by atoms with Gasteiger partial charge >= 0.3 is 6.18 Å². The van der Waals surface area contributed by atoms with Gasteiger partial charge in [0.25, 0.3) is 11.8 Å². The maximum absolute atomic E-state index is 12.5. The third kappa shape index (κ3) is 5.13. The quantitative estimate of drug-likeness (QED) is 0.779. The van der Waals surface area contributed by atoms with Crippen molar-refractivity contribution in [1.82, 2.24) is 10.9 Å². The van der Waals surface area contributed by atoms with Crippen LogP contribution in [0.2, 0.25) is 0 Å². The molecule has 0 aliphatic heterocycles. The smallest absolute Gasteiger partial charge is 0.416 e. The molecule has 0 aromatic heterocycles.